The van der Waals surface area contributed by atoms with Gasteiger partial charge in [-0.1, -0.05) is 25.1 Å². The van der Waals surface area contributed by atoms with E-state index < -0.39 is 0 Å². The summed E-state index contributed by atoms with van der Waals surface area (Å²) in [5, 5.41) is 0. The second kappa shape index (κ2) is 5.32. The van der Waals surface area contributed by atoms with Crippen LogP contribution in [0, 0.1) is 12.3 Å². The average molecular weight is 289 g/mol. The van der Waals surface area contributed by atoms with Crippen LogP contribution in [-0.4, -0.2) is 23.1 Å². The van der Waals surface area contributed by atoms with Gasteiger partial charge in [-0.3, -0.25) is 0 Å². The monoisotopic (exact) mass is 289 g/mol. The fourth-order valence-electron chi connectivity index (χ4n) is 3.79. The third kappa shape index (κ3) is 2.66. The Hall–Kier alpha value is -1.16. The predicted molar refractivity (Wildman–Crippen MR) is 87.2 cm³/mol. The number of hydrogen-bond acceptors (Lipinski definition) is 3. The van der Waals surface area contributed by atoms with Crippen molar-refractivity contribution >= 4 is 23.0 Å². The first kappa shape index (κ1) is 13.8. The molecule has 0 radical (unpaired) electrons. The van der Waals surface area contributed by atoms with E-state index in [9.17, 15) is 0 Å². The van der Waals surface area contributed by atoms with Gasteiger partial charge in [0.2, 0.25) is 0 Å². The van der Waals surface area contributed by atoms with E-state index in [1.165, 1.54) is 38.5 Å². The quantitative estimate of drug-likeness (QED) is 0.849. The molecule has 1 aromatic heterocycles. The second-order valence-corrected chi connectivity index (χ2v) is 6.85. The highest BCUT2D eigenvalue weighted by Gasteiger charge is 2.37. The summed E-state index contributed by atoms with van der Waals surface area (Å²) in [6.45, 7) is 4.24. The van der Waals surface area contributed by atoms with Gasteiger partial charge < -0.3 is 10.6 Å². The van der Waals surface area contributed by atoms with Gasteiger partial charge in [-0.15, -0.1) is 0 Å². The molecular formula is C16H23N3S. The molecule has 2 aliphatic rings. The molecule has 0 bridgehead atoms. The Morgan fingerprint density at radius 2 is 1.85 bits per heavy atom. The maximum absolute atomic E-state index is 5.76. The van der Waals surface area contributed by atoms with Crippen molar-refractivity contribution in [3.05, 3.63) is 23.4 Å². The molecule has 2 fully saturated rings. The summed E-state index contributed by atoms with van der Waals surface area (Å²) in [6.07, 6.45) is 8.33. The van der Waals surface area contributed by atoms with E-state index in [2.05, 4.69) is 9.88 Å². The highest BCUT2D eigenvalue weighted by molar-refractivity contribution is 7.80. The maximum atomic E-state index is 5.76. The van der Waals surface area contributed by atoms with Crippen LogP contribution < -0.4 is 10.6 Å². The molecule has 2 heterocycles. The first-order valence-electron chi connectivity index (χ1n) is 7.61. The van der Waals surface area contributed by atoms with E-state index in [1.807, 2.05) is 19.1 Å². The molecule has 1 aromatic rings. The van der Waals surface area contributed by atoms with Crippen molar-refractivity contribution in [3.63, 3.8) is 0 Å². The maximum Gasteiger partial charge on any atom is 0.129 e. The van der Waals surface area contributed by atoms with Crippen LogP contribution in [0.15, 0.2) is 12.1 Å². The van der Waals surface area contributed by atoms with Crippen molar-refractivity contribution in [3.8, 4) is 0 Å². The molecule has 0 unspecified atom stereocenters. The van der Waals surface area contributed by atoms with E-state index >= 15 is 0 Å². The molecule has 1 aliphatic heterocycles. The van der Waals surface area contributed by atoms with Crippen LogP contribution in [-0.2, 0) is 0 Å². The second-order valence-electron chi connectivity index (χ2n) is 6.41. The molecule has 1 aliphatic carbocycles. The lowest BCUT2D eigenvalue weighted by atomic mass is 9.77. The minimum absolute atomic E-state index is 0.459. The molecule has 3 rings (SSSR count). The van der Waals surface area contributed by atoms with Crippen LogP contribution in [0.5, 0.6) is 0 Å². The summed E-state index contributed by atoms with van der Waals surface area (Å²) in [7, 11) is 0. The highest BCUT2D eigenvalue weighted by Crippen LogP contribution is 2.46. The number of hydrogen-bond donors (Lipinski definition) is 1. The van der Waals surface area contributed by atoms with Crippen LogP contribution in [0.3, 0.4) is 0 Å². The number of aryl methyl sites for hydroxylation is 1. The summed E-state index contributed by atoms with van der Waals surface area (Å²) in [5.41, 5.74) is 8.33. The normalized spacial score (nSPS) is 21.4. The molecule has 0 aromatic carbocycles. The summed E-state index contributed by atoms with van der Waals surface area (Å²) in [6, 6.07) is 4.01. The average Bonchev–Trinajstić information content (AvgIpc) is 2.87. The number of nitrogens with zero attached hydrogens (tertiary/aromatic N) is 2. The Balaban J connectivity index is 1.76. The van der Waals surface area contributed by atoms with Gasteiger partial charge in [0, 0.05) is 24.3 Å². The molecule has 0 amide bonds. The zero-order valence-electron chi connectivity index (χ0n) is 12.2. The van der Waals surface area contributed by atoms with Crippen molar-refractivity contribution in [2.75, 3.05) is 18.0 Å². The van der Waals surface area contributed by atoms with E-state index in [1.54, 1.807) is 0 Å². The molecule has 0 atom stereocenters. The number of thiocarbonyl (C=S) groups is 1. The van der Waals surface area contributed by atoms with Crippen LogP contribution in [0.1, 0.15) is 49.8 Å². The molecular weight excluding hydrogens is 266 g/mol. The number of anilines is 1. The van der Waals surface area contributed by atoms with Gasteiger partial charge in [0.15, 0.2) is 0 Å². The summed E-state index contributed by atoms with van der Waals surface area (Å²) >= 11 is 5.10. The topological polar surface area (TPSA) is 42.1 Å². The van der Waals surface area contributed by atoms with E-state index in [4.69, 9.17) is 18.0 Å². The first-order chi connectivity index (χ1) is 9.58. The van der Waals surface area contributed by atoms with Crippen molar-refractivity contribution in [2.24, 2.45) is 11.1 Å². The Bertz CT molecular complexity index is 510. The lowest BCUT2D eigenvalue weighted by molar-refractivity contribution is 0.226. The largest absolute Gasteiger partial charge is 0.389 e. The van der Waals surface area contributed by atoms with Crippen LogP contribution in [0.4, 0.5) is 5.82 Å². The third-order valence-corrected chi connectivity index (χ3v) is 5.27. The van der Waals surface area contributed by atoms with Crippen molar-refractivity contribution in [1.82, 2.24) is 4.98 Å². The third-order valence-electron chi connectivity index (χ3n) is 5.04. The van der Waals surface area contributed by atoms with Gasteiger partial charge in [-0.2, -0.15) is 0 Å². The van der Waals surface area contributed by atoms with Gasteiger partial charge in [0.05, 0.1) is 0 Å². The summed E-state index contributed by atoms with van der Waals surface area (Å²) < 4.78 is 0. The molecule has 2 N–H and O–H groups in total. The van der Waals surface area contributed by atoms with E-state index in [0.29, 0.717) is 10.4 Å². The lowest BCUT2D eigenvalue weighted by Crippen LogP contribution is -2.39. The standard InChI is InChI=1S/C16H23N3S/c1-12-10-13(15(17)20)11-14(18-12)19-8-6-16(7-9-19)4-2-3-5-16/h10-11H,2-9H2,1H3,(H2,17,20). The van der Waals surface area contributed by atoms with Crippen molar-refractivity contribution in [1.29, 1.82) is 0 Å². The molecule has 4 heteroatoms. The molecule has 3 nitrogen and oxygen atoms in total. The highest BCUT2D eigenvalue weighted by atomic mass is 32.1. The molecule has 108 valence electrons. The van der Waals surface area contributed by atoms with Gasteiger partial charge in [0.1, 0.15) is 10.8 Å². The Morgan fingerprint density at radius 1 is 1.20 bits per heavy atom. The number of aromatic nitrogens is 1. The molecule has 1 saturated heterocycles. The Kier molecular flexibility index (Phi) is 3.67. The zero-order chi connectivity index (χ0) is 14.2. The van der Waals surface area contributed by atoms with Gasteiger partial charge in [-0.05, 0) is 50.2 Å². The van der Waals surface area contributed by atoms with E-state index in [-0.39, 0.29) is 0 Å². The van der Waals surface area contributed by atoms with Crippen molar-refractivity contribution in [2.45, 2.75) is 45.4 Å². The minimum atomic E-state index is 0.459. The fourth-order valence-corrected chi connectivity index (χ4v) is 3.91. The van der Waals surface area contributed by atoms with Crippen LogP contribution >= 0.6 is 12.2 Å². The zero-order valence-corrected chi connectivity index (χ0v) is 13.0. The minimum Gasteiger partial charge on any atom is -0.389 e. The Labute approximate surface area is 126 Å². The fraction of sp³-hybridized carbons (Fsp3) is 0.625. The van der Waals surface area contributed by atoms with Gasteiger partial charge in [0.25, 0.3) is 0 Å². The van der Waals surface area contributed by atoms with Crippen molar-refractivity contribution < 1.29 is 0 Å². The van der Waals surface area contributed by atoms with Crippen LogP contribution in [0.2, 0.25) is 0 Å². The smallest absolute Gasteiger partial charge is 0.129 e. The molecule has 1 spiro atoms. The van der Waals surface area contributed by atoms with Gasteiger partial charge in [-0.25, -0.2) is 4.98 Å². The molecule has 20 heavy (non-hydrogen) atoms. The number of nitrogens with two attached hydrogens (primary N) is 1. The van der Waals surface area contributed by atoms with E-state index in [0.717, 1.165) is 30.2 Å². The SMILES string of the molecule is Cc1cc(C(N)=S)cc(N2CCC3(CCCC3)CC2)n1. The summed E-state index contributed by atoms with van der Waals surface area (Å²) in [4.78, 5) is 7.53. The molecule has 1 saturated carbocycles. The number of rotatable bonds is 2. The van der Waals surface area contributed by atoms with Crippen LogP contribution in [0.25, 0.3) is 0 Å². The predicted octanol–water partition coefficient (Wildman–Crippen LogP) is 3.18. The summed E-state index contributed by atoms with van der Waals surface area (Å²) in [5.74, 6) is 1.04. The Morgan fingerprint density at radius 3 is 2.45 bits per heavy atom. The lowest BCUT2D eigenvalue weighted by Gasteiger charge is -2.40. The number of pyridine rings is 1. The van der Waals surface area contributed by atoms with Gasteiger partial charge >= 0.3 is 0 Å². The number of piperidine rings is 1. The first-order valence-corrected chi connectivity index (χ1v) is 8.02.